The van der Waals surface area contributed by atoms with Crippen molar-refractivity contribution in [1.29, 1.82) is 0 Å². The van der Waals surface area contributed by atoms with Gasteiger partial charge in [0.05, 0.1) is 28.8 Å². The summed E-state index contributed by atoms with van der Waals surface area (Å²) in [6, 6.07) is 5.70. The van der Waals surface area contributed by atoms with E-state index >= 15 is 0 Å². The summed E-state index contributed by atoms with van der Waals surface area (Å²) in [6.07, 6.45) is 9.21. The number of imidazole rings is 1. The molecule has 1 saturated carbocycles. The third kappa shape index (κ3) is 2.68. The molecular formula is C16H20N4O2. The normalized spacial score (nSPS) is 15.7. The lowest BCUT2D eigenvalue weighted by molar-refractivity contribution is -0.384. The van der Waals surface area contributed by atoms with Crippen LogP contribution < -0.4 is 4.90 Å². The van der Waals surface area contributed by atoms with Gasteiger partial charge in [0.2, 0.25) is 0 Å². The number of hydrogen-bond donors (Lipinski definition) is 1. The van der Waals surface area contributed by atoms with Gasteiger partial charge in [0, 0.05) is 19.2 Å². The van der Waals surface area contributed by atoms with Gasteiger partial charge in [-0.1, -0.05) is 25.3 Å². The molecule has 116 valence electrons. The number of aromatic amines is 1. The van der Waals surface area contributed by atoms with E-state index in [1.165, 1.54) is 19.3 Å². The maximum atomic E-state index is 11.4. The molecule has 1 aromatic carbocycles. The van der Waals surface area contributed by atoms with Gasteiger partial charge in [0.1, 0.15) is 5.56 Å². The zero-order valence-electron chi connectivity index (χ0n) is 12.7. The first-order valence-corrected chi connectivity index (χ1v) is 7.67. The number of nitro groups is 1. The van der Waals surface area contributed by atoms with E-state index in [1.54, 1.807) is 24.7 Å². The van der Waals surface area contributed by atoms with E-state index in [-0.39, 0.29) is 10.6 Å². The Balaban J connectivity index is 2.06. The van der Waals surface area contributed by atoms with E-state index in [0.29, 0.717) is 17.3 Å². The van der Waals surface area contributed by atoms with Crippen molar-refractivity contribution in [2.75, 3.05) is 11.9 Å². The standard InChI is InChI=1S/C16H20N4O2/c1-19(12-6-3-2-4-7-12)14-8-5-9-15(20(21)22)16(14)13-10-17-11-18-13/h5,8-12H,2-4,6-7H2,1H3,(H,17,18). The number of anilines is 1. The lowest BCUT2D eigenvalue weighted by Gasteiger charge is -2.34. The van der Waals surface area contributed by atoms with Crippen LogP contribution in [0.5, 0.6) is 0 Å². The molecule has 0 spiro atoms. The number of aromatic nitrogens is 2. The Hall–Kier alpha value is -2.37. The molecule has 0 atom stereocenters. The van der Waals surface area contributed by atoms with E-state index in [0.717, 1.165) is 18.5 Å². The Labute approximate surface area is 129 Å². The van der Waals surface area contributed by atoms with Crippen LogP contribution in [0.25, 0.3) is 11.3 Å². The predicted molar refractivity (Wildman–Crippen MR) is 86.0 cm³/mol. The average molecular weight is 300 g/mol. The second-order valence-corrected chi connectivity index (χ2v) is 5.80. The zero-order chi connectivity index (χ0) is 15.5. The molecule has 1 N–H and O–H groups in total. The number of H-pyrrole nitrogens is 1. The topological polar surface area (TPSA) is 75.1 Å². The van der Waals surface area contributed by atoms with Crippen molar-refractivity contribution in [3.8, 4) is 11.3 Å². The summed E-state index contributed by atoms with van der Waals surface area (Å²) in [5, 5.41) is 11.4. The van der Waals surface area contributed by atoms with Gasteiger partial charge in [-0.25, -0.2) is 4.98 Å². The van der Waals surface area contributed by atoms with Crippen molar-refractivity contribution in [2.45, 2.75) is 38.1 Å². The van der Waals surface area contributed by atoms with E-state index in [9.17, 15) is 10.1 Å². The number of hydrogen-bond acceptors (Lipinski definition) is 4. The summed E-state index contributed by atoms with van der Waals surface area (Å²) >= 11 is 0. The van der Waals surface area contributed by atoms with Gasteiger partial charge < -0.3 is 9.88 Å². The lowest BCUT2D eigenvalue weighted by atomic mass is 9.93. The smallest absolute Gasteiger partial charge is 0.280 e. The molecule has 6 heteroatoms. The molecule has 1 aliphatic carbocycles. The Kier molecular flexibility index (Phi) is 4.09. The van der Waals surface area contributed by atoms with Crippen LogP contribution >= 0.6 is 0 Å². The molecule has 1 heterocycles. The van der Waals surface area contributed by atoms with E-state index < -0.39 is 0 Å². The Morgan fingerprint density at radius 2 is 2.09 bits per heavy atom. The predicted octanol–water partition coefficient (Wildman–Crippen LogP) is 3.75. The van der Waals surface area contributed by atoms with Crippen LogP contribution in [0, 0.1) is 10.1 Å². The van der Waals surface area contributed by atoms with Crippen LogP contribution in [0.1, 0.15) is 32.1 Å². The fraction of sp³-hybridized carbons (Fsp3) is 0.438. The van der Waals surface area contributed by atoms with Crippen molar-refractivity contribution in [3.63, 3.8) is 0 Å². The molecule has 22 heavy (non-hydrogen) atoms. The summed E-state index contributed by atoms with van der Waals surface area (Å²) in [5.41, 5.74) is 2.32. The van der Waals surface area contributed by atoms with Crippen LogP contribution in [-0.4, -0.2) is 28.0 Å². The monoisotopic (exact) mass is 300 g/mol. The molecule has 0 saturated heterocycles. The van der Waals surface area contributed by atoms with Gasteiger partial charge in [0.15, 0.2) is 0 Å². The minimum Gasteiger partial charge on any atom is -0.371 e. The Morgan fingerprint density at radius 1 is 1.32 bits per heavy atom. The fourth-order valence-corrected chi connectivity index (χ4v) is 3.31. The number of nitrogens with zero attached hydrogens (tertiary/aromatic N) is 3. The highest BCUT2D eigenvalue weighted by Crippen LogP contribution is 2.39. The lowest BCUT2D eigenvalue weighted by Crippen LogP contribution is -2.33. The molecule has 1 fully saturated rings. The zero-order valence-corrected chi connectivity index (χ0v) is 12.7. The molecule has 6 nitrogen and oxygen atoms in total. The van der Waals surface area contributed by atoms with Gasteiger partial charge in [-0.2, -0.15) is 0 Å². The number of rotatable bonds is 4. The van der Waals surface area contributed by atoms with Gasteiger partial charge in [-0.3, -0.25) is 10.1 Å². The minimum absolute atomic E-state index is 0.115. The highest BCUT2D eigenvalue weighted by molar-refractivity contribution is 5.84. The van der Waals surface area contributed by atoms with Crippen molar-refractivity contribution < 1.29 is 4.92 Å². The molecule has 1 aliphatic rings. The third-order valence-electron chi connectivity index (χ3n) is 4.49. The number of nitro benzene ring substituents is 1. The van der Waals surface area contributed by atoms with Gasteiger partial charge in [0.25, 0.3) is 5.69 Å². The van der Waals surface area contributed by atoms with Crippen molar-refractivity contribution in [3.05, 3.63) is 40.8 Å². The first-order chi connectivity index (χ1) is 10.7. The third-order valence-corrected chi connectivity index (χ3v) is 4.49. The number of benzene rings is 1. The van der Waals surface area contributed by atoms with Crippen molar-refractivity contribution in [2.24, 2.45) is 0 Å². The van der Waals surface area contributed by atoms with Crippen LogP contribution in [0.15, 0.2) is 30.7 Å². The Morgan fingerprint density at radius 3 is 2.73 bits per heavy atom. The fourth-order valence-electron chi connectivity index (χ4n) is 3.31. The summed E-state index contributed by atoms with van der Waals surface area (Å²) in [4.78, 5) is 20.3. The first kappa shape index (κ1) is 14.6. The molecule has 0 unspecified atom stereocenters. The molecule has 0 radical (unpaired) electrons. The van der Waals surface area contributed by atoms with Crippen LogP contribution in [0.4, 0.5) is 11.4 Å². The first-order valence-electron chi connectivity index (χ1n) is 7.67. The van der Waals surface area contributed by atoms with Gasteiger partial charge >= 0.3 is 0 Å². The van der Waals surface area contributed by atoms with Crippen LogP contribution in [0.3, 0.4) is 0 Å². The quantitative estimate of drug-likeness (QED) is 0.689. The largest absolute Gasteiger partial charge is 0.371 e. The molecule has 1 aromatic heterocycles. The molecule has 0 aliphatic heterocycles. The van der Waals surface area contributed by atoms with Gasteiger partial charge in [-0.15, -0.1) is 0 Å². The minimum atomic E-state index is -0.325. The summed E-state index contributed by atoms with van der Waals surface area (Å²) in [7, 11) is 2.04. The van der Waals surface area contributed by atoms with Gasteiger partial charge in [-0.05, 0) is 18.9 Å². The molecule has 0 amide bonds. The van der Waals surface area contributed by atoms with Crippen LogP contribution in [-0.2, 0) is 0 Å². The van der Waals surface area contributed by atoms with E-state index in [4.69, 9.17) is 0 Å². The summed E-state index contributed by atoms with van der Waals surface area (Å²) in [6.45, 7) is 0. The second kappa shape index (κ2) is 6.17. The van der Waals surface area contributed by atoms with E-state index in [2.05, 4.69) is 14.9 Å². The van der Waals surface area contributed by atoms with Crippen molar-refractivity contribution in [1.82, 2.24) is 9.97 Å². The Bertz CT molecular complexity index is 648. The molecular weight excluding hydrogens is 280 g/mol. The number of nitrogens with one attached hydrogen (secondary N) is 1. The molecule has 2 aromatic rings. The molecule has 3 rings (SSSR count). The molecule has 0 bridgehead atoms. The summed E-state index contributed by atoms with van der Waals surface area (Å²) < 4.78 is 0. The highest BCUT2D eigenvalue weighted by atomic mass is 16.6. The SMILES string of the molecule is CN(c1cccc([N+](=O)[O-])c1-c1cnc[nH]1)C1CCCCC1. The summed E-state index contributed by atoms with van der Waals surface area (Å²) in [5.74, 6) is 0. The maximum absolute atomic E-state index is 11.4. The van der Waals surface area contributed by atoms with Crippen molar-refractivity contribution >= 4 is 11.4 Å². The highest BCUT2D eigenvalue weighted by Gasteiger charge is 2.26. The average Bonchev–Trinajstić information content (AvgIpc) is 3.08. The van der Waals surface area contributed by atoms with E-state index in [1.807, 2.05) is 13.1 Å². The maximum Gasteiger partial charge on any atom is 0.280 e. The van der Waals surface area contributed by atoms with Crippen LogP contribution in [0.2, 0.25) is 0 Å². The second-order valence-electron chi connectivity index (χ2n) is 5.80.